The van der Waals surface area contributed by atoms with Crippen molar-refractivity contribution in [2.45, 2.75) is 53.2 Å². The Morgan fingerprint density at radius 3 is 2.30 bits per heavy atom. The van der Waals surface area contributed by atoms with Crippen molar-refractivity contribution in [2.24, 2.45) is 17.1 Å². The second kappa shape index (κ2) is 12.4. The molecule has 1 aromatic heterocycles. The summed E-state index contributed by atoms with van der Waals surface area (Å²) < 4.78 is 12.0. The monoisotopic (exact) mass is 514 g/mol. The fraction of sp³-hybridized carbons (Fsp3) is 0.536. The highest BCUT2D eigenvalue weighted by atomic mass is 16.6. The smallest absolute Gasteiger partial charge is 0.412 e. The quantitative estimate of drug-likeness (QED) is 0.417. The number of benzene rings is 1. The van der Waals surface area contributed by atoms with Gasteiger partial charge in [-0.15, -0.1) is 0 Å². The Balaban J connectivity index is 2.39. The SMILES string of the molecule is C[C@H](CN)C[C@@](C)(COc1ccc(-c2ccnc(N(C)C(=O)O)c2)cc1CN(C)C)C(=O)OC(C)(C)C. The first kappa shape index (κ1) is 30.1. The molecule has 2 atom stereocenters. The predicted molar refractivity (Wildman–Crippen MR) is 146 cm³/mol. The zero-order valence-electron chi connectivity index (χ0n) is 23.4. The van der Waals surface area contributed by atoms with Crippen molar-refractivity contribution in [1.29, 1.82) is 0 Å². The number of amides is 1. The number of ether oxygens (including phenoxy) is 2. The number of carbonyl (C=O) groups excluding carboxylic acids is 1. The number of hydrogen-bond donors (Lipinski definition) is 2. The Bertz CT molecular complexity index is 1080. The highest BCUT2D eigenvalue weighted by Crippen LogP contribution is 2.34. The normalized spacial score (nSPS) is 14.1. The Kier molecular flexibility index (Phi) is 10.1. The molecule has 0 bridgehead atoms. The number of nitrogens with zero attached hydrogens (tertiary/aromatic N) is 3. The van der Waals surface area contributed by atoms with Gasteiger partial charge in [0.2, 0.25) is 0 Å². The van der Waals surface area contributed by atoms with E-state index in [9.17, 15) is 14.7 Å². The van der Waals surface area contributed by atoms with Gasteiger partial charge in [0.25, 0.3) is 0 Å². The lowest BCUT2D eigenvalue weighted by Crippen LogP contribution is -2.41. The van der Waals surface area contributed by atoms with Gasteiger partial charge in [0.05, 0.1) is 5.41 Å². The van der Waals surface area contributed by atoms with Crippen LogP contribution in [0.5, 0.6) is 5.75 Å². The summed E-state index contributed by atoms with van der Waals surface area (Å²) in [6, 6.07) is 9.39. The molecule has 204 valence electrons. The lowest BCUT2D eigenvalue weighted by Gasteiger charge is -2.33. The number of esters is 1. The molecule has 0 fully saturated rings. The molecule has 0 saturated carbocycles. The second-order valence-corrected chi connectivity index (χ2v) is 11.2. The minimum atomic E-state index is -1.08. The van der Waals surface area contributed by atoms with Crippen molar-refractivity contribution in [1.82, 2.24) is 9.88 Å². The predicted octanol–water partition coefficient (Wildman–Crippen LogP) is 4.64. The van der Waals surface area contributed by atoms with Crippen molar-refractivity contribution in [3.8, 4) is 16.9 Å². The largest absolute Gasteiger partial charge is 0.492 e. The number of aromatic nitrogens is 1. The third-order valence-corrected chi connectivity index (χ3v) is 5.90. The van der Waals surface area contributed by atoms with Crippen LogP contribution in [0.2, 0.25) is 0 Å². The molecular formula is C28H42N4O5. The van der Waals surface area contributed by atoms with Gasteiger partial charge in [-0.05, 0) is 96.1 Å². The summed E-state index contributed by atoms with van der Waals surface area (Å²) >= 11 is 0. The number of carboxylic acid groups (broad SMARTS) is 1. The first-order chi connectivity index (χ1) is 17.1. The second-order valence-electron chi connectivity index (χ2n) is 11.2. The number of hydrogen-bond acceptors (Lipinski definition) is 7. The van der Waals surface area contributed by atoms with Crippen LogP contribution in [-0.2, 0) is 16.1 Å². The van der Waals surface area contributed by atoms with Crippen LogP contribution in [-0.4, -0.2) is 66.9 Å². The molecule has 3 N–H and O–H groups in total. The van der Waals surface area contributed by atoms with Gasteiger partial charge in [-0.1, -0.05) is 13.0 Å². The van der Waals surface area contributed by atoms with Gasteiger partial charge in [0.1, 0.15) is 23.8 Å². The lowest BCUT2D eigenvalue weighted by molar-refractivity contribution is -0.169. The molecule has 37 heavy (non-hydrogen) atoms. The number of carbonyl (C=O) groups is 2. The van der Waals surface area contributed by atoms with Gasteiger partial charge in [-0.2, -0.15) is 0 Å². The zero-order chi connectivity index (χ0) is 28.0. The minimum Gasteiger partial charge on any atom is -0.492 e. The maximum atomic E-state index is 13.2. The molecule has 2 rings (SSSR count). The summed E-state index contributed by atoms with van der Waals surface area (Å²) in [6.07, 6.45) is 1.04. The van der Waals surface area contributed by atoms with E-state index in [-0.39, 0.29) is 18.5 Å². The maximum Gasteiger partial charge on any atom is 0.412 e. The van der Waals surface area contributed by atoms with Gasteiger partial charge in [-0.25, -0.2) is 9.78 Å². The van der Waals surface area contributed by atoms with E-state index in [0.717, 1.165) is 21.6 Å². The van der Waals surface area contributed by atoms with E-state index in [1.54, 1.807) is 12.3 Å². The first-order valence-electron chi connectivity index (χ1n) is 12.4. The van der Waals surface area contributed by atoms with Gasteiger partial charge >= 0.3 is 12.1 Å². The molecule has 0 radical (unpaired) electrons. The summed E-state index contributed by atoms with van der Waals surface area (Å²) in [7, 11) is 5.39. The highest BCUT2D eigenvalue weighted by Gasteiger charge is 2.39. The van der Waals surface area contributed by atoms with Crippen LogP contribution in [0, 0.1) is 11.3 Å². The molecule has 0 aliphatic rings. The number of anilines is 1. The van der Waals surface area contributed by atoms with Crippen molar-refractivity contribution in [3.05, 3.63) is 42.1 Å². The van der Waals surface area contributed by atoms with Crippen molar-refractivity contribution in [2.75, 3.05) is 39.2 Å². The number of nitrogens with two attached hydrogens (primary N) is 1. The molecule has 2 aromatic rings. The van der Waals surface area contributed by atoms with E-state index in [0.29, 0.717) is 31.1 Å². The van der Waals surface area contributed by atoms with Gasteiger partial charge in [0, 0.05) is 25.4 Å². The van der Waals surface area contributed by atoms with Gasteiger partial charge in [0.15, 0.2) is 0 Å². The van der Waals surface area contributed by atoms with Crippen LogP contribution in [0.3, 0.4) is 0 Å². The molecule has 1 heterocycles. The molecule has 9 heteroatoms. The van der Waals surface area contributed by atoms with E-state index in [1.807, 2.05) is 77.9 Å². The van der Waals surface area contributed by atoms with Crippen LogP contribution in [0.15, 0.2) is 36.5 Å². The van der Waals surface area contributed by atoms with E-state index in [2.05, 4.69) is 4.98 Å². The molecule has 0 aliphatic carbocycles. The molecule has 1 aromatic carbocycles. The topological polar surface area (TPSA) is 118 Å². The fourth-order valence-electron chi connectivity index (χ4n) is 3.94. The first-order valence-corrected chi connectivity index (χ1v) is 12.4. The van der Waals surface area contributed by atoms with Crippen LogP contribution in [0.1, 0.15) is 46.6 Å². The Morgan fingerprint density at radius 2 is 1.73 bits per heavy atom. The lowest BCUT2D eigenvalue weighted by atomic mass is 9.82. The van der Waals surface area contributed by atoms with Crippen molar-refractivity contribution in [3.63, 3.8) is 0 Å². The third-order valence-electron chi connectivity index (χ3n) is 5.90. The summed E-state index contributed by atoms with van der Waals surface area (Å²) in [4.78, 5) is 31.8. The fourth-order valence-corrected chi connectivity index (χ4v) is 3.94. The summed E-state index contributed by atoms with van der Waals surface area (Å²) in [5.74, 6) is 0.818. The summed E-state index contributed by atoms with van der Waals surface area (Å²) in [6.45, 7) is 10.7. The third kappa shape index (κ3) is 8.72. The molecule has 0 unspecified atom stereocenters. The van der Waals surface area contributed by atoms with E-state index < -0.39 is 17.1 Å². The van der Waals surface area contributed by atoms with Crippen molar-refractivity contribution < 1.29 is 24.2 Å². The van der Waals surface area contributed by atoms with Crippen LogP contribution in [0.25, 0.3) is 11.1 Å². The van der Waals surface area contributed by atoms with Crippen LogP contribution in [0.4, 0.5) is 10.6 Å². The van der Waals surface area contributed by atoms with Gasteiger partial charge < -0.3 is 25.2 Å². The molecule has 0 saturated heterocycles. The molecule has 0 aliphatic heterocycles. The van der Waals surface area contributed by atoms with Crippen molar-refractivity contribution >= 4 is 17.9 Å². The molecule has 1 amide bonds. The molecule has 9 nitrogen and oxygen atoms in total. The van der Waals surface area contributed by atoms with Crippen LogP contribution < -0.4 is 15.4 Å². The average molecular weight is 515 g/mol. The van der Waals surface area contributed by atoms with E-state index >= 15 is 0 Å². The average Bonchev–Trinajstić information content (AvgIpc) is 2.81. The Hall–Kier alpha value is -3.17. The zero-order valence-corrected chi connectivity index (χ0v) is 23.4. The standard InChI is InChI=1S/C28H42N4O5/c1-19(16-29)15-28(5,25(33)37-27(2,3)4)18-36-23-10-9-20(13-22(23)17-31(6)7)21-11-12-30-24(14-21)32(8)26(34)35/h9-14,19H,15-18,29H2,1-8H3,(H,34,35)/t19-,28-/m0/s1. The van der Waals surface area contributed by atoms with E-state index in [1.165, 1.54) is 7.05 Å². The summed E-state index contributed by atoms with van der Waals surface area (Å²) in [5.41, 5.74) is 7.06. The highest BCUT2D eigenvalue weighted by molar-refractivity contribution is 5.85. The number of pyridine rings is 1. The number of rotatable bonds is 11. The van der Waals surface area contributed by atoms with Gasteiger partial charge in [-0.3, -0.25) is 9.69 Å². The molecule has 0 spiro atoms. The minimum absolute atomic E-state index is 0.120. The van der Waals surface area contributed by atoms with E-state index in [4.69, 9.17) is 15.2 Å². The molecular weight excluding hydrogens is 472 g/mol. The van der Waals surface area contributed by atoms with Crippen LogP contribution >= 0.6 is 0 Å². The summed E-state index contributed by atoms with van der Waals surface area (Å²) in [5, 5.41) is 9.30. The Morgan fingerprint density at radius 1 is 1.08 bits per heavy atom. The maximum absolute atomic E-state index is 13.2. The Labute approximate surface area is 220 Å².